The van der Waals surface area contributed by atoms with E-state index in [2.05, 4.69) is 10.3 Å². The molecule has 0 spiro atoms. The number of hydrogen-bond donors (Lipinski definition) is 3. The van der Waals surface area contributed by atoms with Gasteiger partial charge in [0.2, 0.25) is 0 Å². The topological polar surface area (TPSA) is 116 Å². The molecule has 2 heterocycles. The molecule has 1 saturated carbocycles. The largest absolute Gasteiger partial charge is 0.507 e. The zero-order chi connectivity index (χ0) is 18.5. The van der Waals surface area contributed by atoms with Crippen LogP contribution >= 0.6 is 0 Å². The van der Waals surface area contributed by atoms with Crippen LogP contribution in [0.15, 0.2) is 34.5 Å². The number of carbonyl (C=O) groups is 1. The van der Waals surface area contributed by atoms with Crippen LogP contribution in [-0.4, -0.2) is 36.2 Å². The summed E-state index contributed by atoms with van der Waals surface area (Å²) in [7, 11) is -3.31. The molecular weight excluding hydrogens is 356 g/mol. The van der Waals surface area contributed by atoms with E-state index in [9.17, 15) is 23.1 Å². The molecular formula is C18H18N2O5S. The predicted molar refractivity (Wildman–Crippen MR) is 97.0 cm³/mol. The van der Waals surface area contributed by atoms with Crippen LogP contribution in [0.5, 0.6) is 5.75 Å². The number of sulfone groups is 1. The van der Waals surface area contributed by atoms with Crippen LogP contribution in [0, 0.1) is 0 Å². The van der Waals surface area contributed by atoms with Crippen LogP contribution in [-0.2, 0) is 9.84 Å². The fraction of sp³-hybridized carbons (Fsp3) is 0.333. The number of aromatic amines is 1. The van der Waals surface area contributed by atoms with Gasteiger partial charge in [-0.25, -0.2) is 8.42 Å². The normalized spacial score (nSPS) is 21.6. The van der Waals surface area contributed by atoms with Gasteiger partial charge >= 0.3 is 0 Å². The molecule has 0 radical (unpaired) electrons. The first-order valence-electron chi connectivity index (χ1n) is 8.44. The quantitative estimate of drug-likeness (QED) is 0.754. The summed E-state index contributed by atoms with van der Waals surface area (Å²) >= 11 is 0. The van der Waals surface area contributed by atoms with Gasteiger partial charge in [-0.1, -0.05) is 6.42 Å². The van der Waals surface area contributed by atoms with Crippen molar-refractivity contribution in [2.24, 2.45) is 0 Å². The maximum absolute atomic E-state index is 12.4. The van der Waals surface area contributed by atoms with E-state index in [1.165, 1.54) is 12.1 Å². The van der Waals surface area contributed by atoms with Gasteiger partial charge in [0.05, 0.1) is 17.3 Å². The van der Waals surface area contributed by atoms with Gasteiger partial charge in [-0.15, -0.1) is 0 Å². The third-order valence-corrected chi connectivity index (χ3v) is 6.43. The Kier molecular flexibility index (Phi) is 3.87. The number of hydrogen-bond acceptors (Lipinski definition) is 5. The fourth-order valence-electron chi connectivity index (χ4n) is 3.37. The van der Waals surface area contributed by atoms with E-state index in [1.807, 2.05) is 6.07 Å². The maximum Gasteiger partial charge on any atom is 0.261 e. The van der Waals surface area contributed by atoms with Crippen molar-refractivity contribution < 1.29 is 18.3 Å². The lowest BCUT2D eigenvalue weighted by Gasteiger charge is -2.26. The Morgan fingerprint density at radius 3 is 2.62 bits per heavy atom. The first-order valence-corrected chi connectivity index (χ1v) is 10.2. The molecule has 1 aromatic heterocycles. The molecule has 1 atom stereocenters. The van der Waals surface area contributed by atoms with Crippen molar-refractivity contribution >= 4 is 26.6 Å². The van der Waals surface area contributed by atoms with Crippen LogP contribution < -0.4 is 10.9 Å². The van der Waals surface area contributed by atoms with Crippen molar-refractivity contribution in [2.45, 2.75) is 31.2 Å². The average molecular weight is 374 g/mol. The molecule has 26 heavy (non-hydrogen) atoms. The number of pyridine rings is 1. The van der Waals surface area contributed by atoms with Gasteiger partial charge in [0.15, 0.2) is 9.84 Å². The molecule has 1 aliphatic carbocycles. The summed E-state index contributed by atoms with van der Waals surface area (Å²) in [5.74, 6) is -0.492. The summed E-state index contributed by atoms with van der Waals surface area (Å²) in [6.07, 6.45) is 4.66. The molecule has 8 heteroatoms. The number of amides is 1. The monoisotopic (exact) mass is 374 g/mol. The van der Waals surface area contributed by atoms with Gasteiger partial charge < -0.3 is 15.4 Å². The fourth-order valence-corrected chi connectivity index (χ4v) is 4.61. The second-order valence-corrected chi connectivity index (χ2v) is 8.81. The summed E-state index contributed by atoms with van der Waals surface area (Å²) < 4.78 is 22.8. The van der Waals surface area contributed by atoms with E-state index in [0.717, 1.165) is 30.2 Å². The van der Waals surface area contributed by atoms with E-state index in [1.54, 1.807) is 6.07 Å². The van der Waals surface area contributed by atoms with E-state index in [-0.39, 0.29) is 17.1 Å². The number of aromatic hydroxyl groups is 1. The SMILES string of the molecule is O=C(N[C@@H]1C=CS(=O)(=O)C1)c1cc2c(O)cc(C3CCC3)cc2[nH]c1=O. The number of phenolic OH excluding ortho intramolecular Hbond substituents is 1. The van der Waals surface area contributed by atoms with Crippen molar-refractivity contribution in [1.82, 2.24) is 10.3 Å². The molecule has 0 unspecified atom stereocenters. The zero-order valence-electron chi connectivity index (χ0n) is 13.9. The summed E-state index contributed by atoms with van der Waals surface area (Å²) in [6, 6.07) is 4.20. The molecule has 4 rings (SSSR count). The van der Waals surface area contributed by atoms with Gasteiger partial charge in [-0.05, 0) is 48.6 Å². The van der Waals surface area contributed by atoms with Crippen molar-refractivity contribution in [2.75, 3.05) is 5.75 Å². The molecule has 0 saturated heterocycles. The van der Waals surface area contributed by atoms with Gasteiger partial charge in [0.25, 0.3) is 11.5 Å². The first kappa shape index (κ1) is 16.8. The second kappa shape index (κ2) is 5.98. The minimum absolute atomic E-state index is 0.0121. The van der Waals surface area contributed by atoms with Gasteiger partial charge in [0, 0.05) is 10.8 Å². The molecule has 1 amide bonds. The van der Waals surface area contributed by atoms with Crippen molar-refractivity contribution in [3.8, 4) is 5.75 Å². The van der Waals surface area contributed by atoms with E-state index in [4.69, 9.17) is 0 Å². The zero-order valence-corrected chi connectivity index (χ0v) is 14.7. The molecule has 1 aliphatic heterocycles. The highest BCUT2D eigenvalue weighted by Gasteiger charge is 2.25. The predicted octanol–water partition coefficient (Wildman–Crippen LogP) is 1.54. The summed E-state index contributed by atoms with van der Waals surface area (Å²) in [5, 5.41) is 14.3. The van der Waals surface area contributed by atoms with Gasteiger partial charge in [-0.2, -0.15) is 0 Å². The minimum atomic E-state index is -3.31. The minimum Gasteiger partial charge on any atom is -0.507 e. The standard InChI is InChI=1S/C18H18N2O5S/c21-16-7-11(10-2-1-3-10)6-15-13(16)8-14(18(23)20-15)17(22)19-12-4-5-26(24,25)9-12/h4-8,10,12,21H,1-3,9H2,(H,19,22)(H,20,23)/t12-/m1/s1. The highest BCUT2D eigenvalue weighted by Crippen LogP contribution is 2.39. The first-order chi connectivity index (χ1) is 12.3. The van der Waals surface area contributed by atoms with Crippen LogP contribution in [0.4, 0.5) is 0 Å². The number of carbonyl (C=O) groups excluding carboxylic acids is 1. The molecule has 2 aromatic rings. The second-order valence-electron chi connectivity index (χ2n) is 6.88. The number of benzene rings is 1. The molecule has 136 valence electrons. The van der Waals surface area contributed by atoms with Crippen LogP contribution in [0.3, 0.4) is 0 Å². The van der Waals surface area contributed by atoms with Crippen molar-refractivity contribution in [1.29, 1.82) is 0 Å². The summed E-state index contributed by atoms with van der Waals surface area (Å²) in [6.45, 7) is 0. The Hall–Kier alpha value is -2.61. The molecule has 3 N–H and O–H groups in total. The third-order valence-electron chi connectivity index (χ3n) is 5.03. The molecule has 0 bridgehead atoms. The van der Waals surface area contributed by atoms with Crippen molar-refractivity contribution in [3.05, 3.63) is 51.2 Å². The lowest BCUT2D eigenvalue weighted by Crippen LogP contribution is -2.38. The van der Waals surface area contributed by atoms with E-state index >= 15 is 0 Å². The van der Waals surface area contributed by atoms with Crippen LogP contribution in [0.2, 0.25) is 0 Å². The van der Waals surface area contributed by atoms with Crippen LogP contribution in [0.25, 0.3) is 10.9 Å². The number of H-pyrrole nitrogens is 1. The Morgan fingerprint density at radius 2 is 2.00 bits per heavy atom. The smallest absolute Gasteiger partial charge is 0.261 e. The van der Waals surface area contributed by atoms with Gasteiger partial charge in [0.1, 0.15) is 11.3 Å². The van der Waals surface area contributed by atoms with Gasteiger partial charge in [-0.3, -0.25) is 9.59 Å². The number of aromatic nitrogens is 1. The Labute approximate surface area is 149 Å². The molecule has 2 aliphatic rings. The number of nitrogens with one attached hydrogen (secondary N) is 2. The maximum atomic E-state index is 12.4. The number of rotatable bonds is 3. The highest BCUT2D eigenvalue weighted by molar-refractivity contribution is 7.94. The Bertz CT molecular complexity index is 1100. The van der Waals surface area contributed by atoms with Crippen molar-refractivity contribution in [3.63, 3.8) is 0 Å². The number of phenols is 1. The lowest BCUT2D eigenvalue weighted by molar-refractivity contribution is 0.0946. The van der Waals surface area contributed by atoms with Crippen LogP contribution in [0.1, 0.15) is 41.1 Å². The summed E-state index contributed by atoms with van der Waals surface area (Å²) in [4.78, 5) is 27.3. The van der Waals surface area contributed by atoms with E-state index < -0.39 is 27.3 Å². The number of fused-ring (bicyclic) bond motifs is 1. The molecule has 1 fully saturated rings. The third kappa shape index (κ3) is 3.01. The average Bonchev–Trinajstić information content (AvgIpc) is 2.83. The molecule has 7 nitrogen and oxygen atoms in total. The lowest BCUT2D eigenvalue weighted by atomic mass is 9.80. The summed E-state index contributed by atoms with van der Waals surface area (Å²) in [5.41, 5.74) is 0.721. The Morgan fingerprint density at radius 1 is 1.23 bits per heavy atom. The highest BCUT2D eigenvalue weighted by atomic mass is 32.2. The Balaban J connectivity index is 1.66. The van der Waals surface area contributed by atoms with E-state index in [0.29, 0.717) is 16.8 Å². The molecule has 1 aromatic carbocycles.